The lowest BCUT2D eigenvalue weighted by atomic mass is 9.87. The largest absolute Gasteiger partial charge is 0.479 e. The lowest BCUT2D eigenvalue weighted by Gasteiger charge is -2.28. The van der Waals surface area contributed by atoms with Crippen molar-refractivity contribution in [3.05, 3.63) is 41.5 Å². The molecule has 46 heavy (non-hydrogen) atoms. The first kappa shape index (κ1) is 35.2. The number of esters is 2. The fraction of sp³-hybridized carbons (Fsp3) is 0.562. The second-order valence-electron chi connectivity index (χ2n) is 12.5. The molecule has 0 bridgehead atoms. The number of nitrogens with zero attached hydrogens (tertiary/aromatic N) is 1. The Kier molecular flexibility index (Phi) is 10.7. The molecule has 0 aromatic heterocycles. The molecule has 1 unspecified atom stereocenters. The number of carbonyl (C=O) groups is 4. The summed E-state index contributed by atoms with van der Waals surface area (Å²) in [5, 5.41) is -5.14. The van der Waals surface area contributed by atoms with Crippen molar-refractivity contribution in [2.24, 2.45) is 5.92 Å². The lowest BCUT2D eigenvalue weighted by Crippen LogP contribution is -2.48. The molecule has 0 N–H and O–H groups in total. The molecule has 0 saturated heterocycles. The Labute approximate surface area is 266 Å². The van der Waals surface area contributed by atoms with Crippen molar-refractivity contribution in [2.45, 2.75) is 102 Å². The molecule has 1 aliphatic carbocycles. The molecule has 1 aliphatic heterocycles. The summed E-state index contributed by atoms with van der Waals surface area (Å²) in [6.07, 6.45) is 5.60. The Hall–Kier alpha value is -3.65. The van der Waals surface area contributed by atoms with Gasteiger partial charge in [0, 0.05) is 5.39 Å². The van der Waals surface area contributed by atoms with Gasteiger partial charge in [-0.05, 0) is 69.5 Å². The standard InChI is InChI=1S/C32H39F2NO10S/c1-5-6-15-25(29(38)44-31(2,3)4)43-22-18-21-13-10-14-23-26(21)24(19-22)28(37)35(27(23)36)45-46(40,41)32(33,34)30(39)42-17-16-20-11-8-7-9-12-20/h10,13-14,18-20,25H,5-9,11-12,15-17H2,1-4H3. The van der Waals surface area contributed by atoms with Crippen LogP contribution in [0.1, 0.15) is 106 Å². The molecule has 0 radical (unpaired) electrons. The summed E-state index contributed by atoms with van der Waals surface area (Å²) in [6.45, 7) is 6.59. The number of alkyl halides is 2. The van der Waals surface area contributed by atoms with Gasteiger partial charge < -0.3 is 14.2 Å². The Bertz CT molecular complexity index is 1600. The molecular weight excluding hydrogens is 628 g/mol. The molecule has 1 heterocycles. The number of hydrogen-bond donors (Lipinski definition) is 0. The highest BCUT2D eigenvalue weighted by Crippen LogP contribution is 2.36. The van der Waals surface area contributed by atoms with E-state index >= 15 is 0 Å². The van der Waals surface area contributed by atoms with Crippen LogP contribution in [0.4, 0.5) is 8.78 Å². The van der Waals surface area contributed by atoms with Crippen molar-refractivity contribution in [2.75, 3.05) is 6.61 Å². The summed E-state index contributed by atoms with van der Waals surface area (Å²) in [6, 6.07) is 6.87. The van der Waals surface area contributed by atoms with Gasteiger partial charge in [0.25, 0.3) is 11.8 Å². The van der Waals surface area contributed by atoms with E-state index in [-0.39, 0.29) is 39.7 Å². The van der Waals surface area contributed by atoms with Gasteiger partial charge in [0.2, 0.25) is 0 Å². The lowest BCUT2D eigenvalue weighted by molar-refractivity contribution is -0.164. The highest BCUT2D eigenvalue weighted by atomic mass is 32.2. The first-order valence-electron chi connectivity index (χ1n) is 15.4. The van der Waals surface area contributed by atoms with E-state index in [2.05, 4.69) is 9.02 Å². The zero-order chi connectivity index (χ0) is 33.9. The maximum Gasteiger partial charge on any atom is 0.467 e. The van der Waals surface area contributed by atoms with Gasteiger partial charge in [-0.25, -0.2) is 9.59 Å². The predicted molar refractivity (Wildman–Crippen MR) is 161 cm³/mol. The average Bonchev–Trinajstić information content (AvgIpc) is 2.99. The van der Waals surface area contributed by atoms with E-state index in [0.717, 1.165) is 44.6 Å². The zero-order valence-corrected chi connectivity index (χ0v) is 27.1. The monoisotopic (exact) mass is 667 g/mol. The summed E-state index contributed by atoms with van der Waals surface area (Å²) >= 11 is 0. The van der Waals surface area contributed by atoms with E-state index in [1.54, 1.807) is 26.8 Å². The summed E-state index contributed by atoms with van der Waals surface area (Å²) < 4.78 is 75.5. The van der Waals surface area contributed by atoms with Gasteiger partial charge in [-0.15, -0.1) is 9.35 Å². The van der Waals surface area contributed by atoms with E-state index in [4.69, 9.17) is 9.47 Å². The van der Waals surface area contributed by atoms with Crippen LogP contribution in [0.2, 0.25) is 0 Å². The van der Waals surface area contributed by atoms with E-state index in [1.807, 2.05) is 6.92 Å². The number of halogens is 2. The summed E-state index contributed by atoms with van der Waals surface area (Å²) in [5.41, 5.74) is -1.34. The number of ether oxygens (including phenoxy) is 3. The van der Waals surface area contributed by atoms with Gasteiger partial charge in [0.1, 0.15) is 11.4 Å². The van der Waals surface area contributed by atoms with Crippen LogP contribution in [-0.2, 0) is 33.5 Å². The number of benzene rings is 2. The Morgan fingerprint density at radius 1 is 1.02 bits per heavy atom. The SMILES string of the molecule is CCCCC(Oc1cc2c3c(cccc3c1)C(=O)N(OS(=O)(=O)C(F)(F)C(=O)OCCC1CCCCC1)C2=O)C(=O)OC(C)(C)C. The Morgan fingerprint density at radius 3 is 2.35 bits per heavy atom. The average molecular weight is 668 g/mol. The molecule has 2 amide bonds. The smallest absolute Gasteiger partial charge is 0.467 e. The normalized spacial score (nSPS) is 16.8. The minimum atomic E-state index is -6.24. The molecule has 2 aromatic rings. The number of rotatable bonds is 13. The summed E-state index contributed by atoms with van der Waals surface area (Å²) in [7, 11) is -6.24. The number of imide groups is 1. The minimum Gasteiger partial charge on any atom is -0.479 e. The minimum absolute atomic E-state index is 0.00370. The molecule has 2 aromatic carbocycles. The molecule has 4 rings (SSSR count). The van der Waals surface area contributed by atoms with Crippen LogP contribution in [0, 0.1) is 5.92 Å². The van der Waals surface area contributed by atoms with E-state index in [0.29, 0.717) is 18.2 Å². The molecule has 2 aliphatic rings. The third-order valence-electron chi connectivity index (χ3n) is 7.76. The summed E-state index contributed by atoms with van der Waals surface area (Å²) in [5.74, 6) is -5.58. The topological polar surface area (TPSA) is 143 Å². The number of hydroxylamine groups is 2. The fourth-order valence-electron chi connectivity index (χ4n) is 5.47. The quantitative estimate of drug-likeness (QED) is 0.182. The van der Waals surface area contributed by atoms with Crippen LogP contribution < -0.4 is 4.74 Å². The third-order valence-corrected chi connectivity index (χ3v) is 8.90. The van der Waals surface area contributed by atoms with Crippen LogP contribution in [0.3, 0.4) is 0 Å². The molecular formula is C32H39F2NO10S. The molecule has 0 spiro atoms. The highest BCUT2D eigenvalue weighted by Gasteiger charge is 2.58. The highest BCUT2D eigenvalue weighted by molar-refractivity contribution is 7.88. The van der Waals surface area contributed by atoms with E-state index < -0.39 is 57.4 Å². The second kappa shape index (κ2) is 14.0. The van der Waals surface area contributed by atoms with Crippen molar-refractivity contribution < 1.29 is 54.9 Å². The van der Waals surface area contributed by atoms with Gasteiger partial charge in [0.15, 0.2) is 6.10 Å². The van der Waals surface area contributed by atoms with E-state index in [9.17, 15) is 36.4 Å². The number of carbonyl (C=O) groups excluding carboxylic acids is 4. The Balaban J connectivity index is 1.57. The number of unbranched alkanes of at least 4 members (excludes halogenated alkanes) is 1. The summed E-state index contributed by atoms with van der Waals surface area (Å²) in [4.78, 5) is 51.8. The van der Waals surface area contributed by atoms with E-state index in [1.165, 1.54) is 18.2 Å². The van der Waals surface area contributed by atoms with Gasteiger partial charge in [0.05, 0.1) is 17.7 Å². The van der Waals surface area contributed by atoms with Crippen LogP contribution in [0.5, 0.6) is 5.75 Å². The van der Waals surface area contributed by atoms with Crippen molar-refractivity contribution >= 4 is 44.6 Å². The van der Waals surface area contributed by atoms with Crippen LogP contribution in [-0.4, -0.2) is 60.8 Å². The van der Waals surface area contributed by atoms with Crippen LogP contribution in [0.15, 0.2) is 30.3 Å². The fourth-order valence-corrected chi connectivity index (χ4v) is 6.15. The third kappa shape index (κ3) is 7.83. The predicted octanol–water partition coefficient (Wildman–Crippen LogP) is 6.08. The molecule has 1 atom stereocenters. The van der Waals surface area contributed by atoms with Crippen molar-refractivity contribution in [3.63, 3.8) is 0 Å². The van der Waals surface area contributed by atoms with Gasteiger partial charge >= 0.3 is 27.3 Å². The maximum atomic E-state index is 14.9. The molecule has 1 saturated carbocycles. The molecule has 252 valence electrons. The van der Waals surface area contributed by atoms with Crippen LogP contribution in [0.25, 0.3) is 10.8 Å². The van der Waals surface area contributed by atoms with Gasteiger partial charge in [-0.1, -0.05) is 57.6 Å². The Morgan fingerprint density at radius 2 is 1.70 bits per heavy atom. The molecule has 11 nitrogen and oxygen atoms in total. The van der Waals surface area contributed by atoms with Gasteiger partial charge in [-0.2, -0.15) is 17.2 Å². The van der Waals surface area contributed by atoms with Crippen molar-refractivity contribution in [3.8, 4) is 5.75 Å². The zero-order valence-electron chi connectivity index (χ0n) is 26.3. The number of hydrogen-bond acceptors (Lipinski definition) is 10. The van der Waals surface area contributed by atoms with Crippen molar-refractivity contribution in [1.82, 2.24) is 5.06 Å². The first-order valence-corrected chi connectivity index (χ1v) is 16.8. The molecule has 1 fully saturated rings. The van der Waals surface area contributed by atoms with Crippen LogP contribution >= 0.6 is 0 Å². The first-order chi connectivity index (χ1) is 21.6. The number of amides is 2. The van der Waals surface area contributed by atoms with Gasteiger partial charge in [-0.3, -0.25) is 9.59 Å². The molecule has 14 heteroatoms. The second-order valence-corrected chi connectivity index (χ2v) is 14.1. The van der Waals surface area contributed by atoms with Crippen molar-refractivity contribution in [1.29, 1.82) is 0 Å². The maximum absolute atomic E-state index is 14.9.